The number of carbonyl (C=O) groups is 2. The third-order valence-electron chi connectivity index (χ3n) is 6.27. The molecular formula is C28H22ClNO3S. The van der Waals surface area contributed by atoms with Gasteiger partial charge >= 0.3 is 0 Å². The molecule has 1 aliphatic heterocycles. The fourth-order valence-corrected chi connectivity index (χ4v) is 5.61. The summed E-state index contributed by atoms with van der Waals surface area (Å²) < 4.78 is 0. The predicted octanol–water partition coefficient (Wildman–Crippen LogP) is 6.53. The van der Waals surface area contributed by atoms with Crippen LogP contribution in [0.5, 0.6) is 0 Å². The molecule has 1 unspecified atom stereocenters. The van der Waals surface area contributed by atoms with E-state index in [1.165, 1.54) is 11.3 Å². The van der Waals surface area contributed by atoms with E-state index in [4.69, 9.17) is 11.6 Å². The van der Waals surface area contributed by atoms with E-state index in [0.717, 1.165) is 26.8 Å². The largest absolute Gasteiger partial charge is 0.507 e. The Labute approximate surface area is 206 Å². The van der Waals surface area contributed by atoms with Gasteiger partial charge in [0, 0.05) is 22.0 Å². The van der Waals surface area contributed by atoms with Crippen LogP contribution in [0.4, 0.5) is 0 Å². The molecule has 0 saturated carbocycles. The van der Waals surface area contributed by atoms with E-state index in [-0.39, 0.29) is 11.3 Å². The van der Waals surface area contributed by atoms with Crippen LogP contribution in [-0.4, -0.2) is 28.2 Å². The first-order valence-electron chi connectivity index (χ1n) is 11.0. The first-order chi connectivity index (χ1) is 16.4. The Morgan fingerprint density at radius 3 is 2.44 bits per heavy atom. The van der Waals surface area contributed by atoms with Crippen molar-refractivity contribution in [2.75, 3.05) is 6.54 Å². The van der Waals surface area contributed by atoms with Crippen molar-refractivity contribution in [1.82, 2.24) is 4.90 Å². The molecule has 0 aliphatic carbocycles. The van der Waals surface area contributed by atoms with Crippen LogP contribution < -0.4 is 0 Å². The molecule has 1 amide bonds. The lowest BCUT2D eigenvalue weighted by Crippen LogP contribution is -2.31. The first-order valence-corrected chi connectivity index (χ1v) is 12.3. The maximum atomic E-state index is 13.2. The fraction of sp³-hybridized carbons (Fsp3) is 0.143. The molecule has 5 rings (SSSR count). The minimum Gasteiger partial charge on any atom is -0.507 e. The number of aryl methyl sites for hydroxylation is 1. The number of ketones is 1. The van der Waals surface area contributed by atoms with Crippen molar-refractivity contribution in [2.24, 2.45) is 0 Å². The Bertz CT molecular complexity index is 1440. The van der Waals surface area contributed by atoms with Crippen LogP contribution in [-0.2, 0) is 16.0 Å². The second-order valence-corrected chi connectivity index (χ2v) is 9.78. The van der Waals surface area contributed by atoms with Gasteiger partial charge in [0.25, 0.3) is 11.7 Å². The number of fused-ring (bicyclic) bond motifs is 1. The van der Waals surface area contributed by atoms with Crippen molar-refractivity contribution in [3.63, 3.8) is 0 Å². The molecule has 1 aromatic heterocycles. The van der Waals surface area contributed by atoms with E-state index in [1.807, 2.05) is 79.0 Å². The van der Waals surface area contributed by atoms with Crippen LogP contribution in [0.1, 0.15) is 27.6 Å². The summed E-state index contributed by atoms with van der Waals surface area (Å²) in [4.78, 5) is 28.9. The lowest BCUT2D eigenvalue weighted by molar-refractivity contribution is -0.139. The van der Waals surface area contributed by atoms with Gasteiger partial charge < -0.3 is 10.0 Å². The van der Waals surface area contributed by atoms with Gasteiger partial charge in [0.1, 0.15) is 5.76 Å². The van der Waals surface area contributed by atoms with Crippen LogP contribution in [0.25, 0.3) is 16.5 Å². The van der Waals surface area contributed by atoms with Crippen LogP contribution in [0, 0.1) is 6.92 Å². The minimum absolute atomic E-state index is 0.141. The van der Waals surface area contributed by atoms with E-state index in [1.54, 1.807) is 11.0 Å². The zero-order valence-electron chi connectivity index (χ0n) is 18.5. The van der Waals surface area contributed by atoms with E-state index in [0.29, 0.717) is 23.6 Å². The molecule has 0 radical (unpaired) electrons. The number of carbonyl (C=O) groups excluding carboxylic acids is 2. The lowest BCUT2D eigenvalue weighted by Gasteiger charge is -2.25. The number of aliphatic hydroxyl groups is 1. The maximum absolute atomic E-state index is 13.2. The number of likely N-dealkylation sites (tertiary alicyclic amines) is 1. The molecule has 0 spiro atoms. The molecule has 2 heterocycles. The van der Waals surface area contributed by atoms with Crippen LogP contribution >= 0.6 is 22.9 Å². The van der Waals surface area contributed by atoms with Crippen molar-refractivity contribution in [3.05, 3.63) is 110 Å². The molecule has 4 nitrogen and oxygen atoms in total. The highest BCUT2D eigenvalue weighted by Crippen LogP contribution is 2.42. The fourth-order valence-electron chi connectivity index (χ4n) is 4.44. The van der Waals surface area contributed by atoms with Gasteiger partial charge in [-0.2, -0.15) is 0 Å². The number of amides is 1. The summed E-state index contributed by atoms with van der Waals surface area (Å²) in [5.41, 5.74) is 2.66. The van der Waals surface area contributed by atoms with E-state index in [9.17, 15) is 14.7 Å². The molecule has 3 aromatic carbocycles. The SMILES string of the molecule is Cc1ccsc1C1/C(=C(/O)c2ccc3ccccc3c2)C(=O)C(=O)N1CCc1ccc(Cl)cc1. The number of rotatable bonds is 5. The van der Waals surface area contributed by atoms with Gasteiger partial charge in [0.15, 0.2) is 0 Å². The Balaban J connectivity index is 1.58. The summed E-state index contributed by atoms with van der Waals surface area (Å²) in [6.45, 7) is 2.31. The lowest BCUT2D eigenvalue weighted by atomic mass is 9.97. The first kappa shape index (κ1) is 22.4. The van der Waals surface area contributed by atoms with Crippen molar-refractivity contribution < 1.29 is 14.7 Å². The van der Waals surface area contributed by atoms with E-state index in [2.05, 4.69) is 0 Å². The Morgan fingerprint density at radius 2 is 1.74 bits per heavy atom. The normalized spacial score (nSPS) is 17.6. The highest BCUT2D eigenvalue weighted by Gasteiger charge is 2.46. The third kappa shape index (κ3) is 4.02. The number of nitrogens with zero attached hydrogens (tertiary/aromatic N) is 1. The van der Waals surface area contributed by atoms with Crippen molar-refractivity contribution in [1.29, 1.82) is 0 Å². The molecule has 1 N–H and O–H groups in total. The van der Waals surface area contributed by atoms with Crippen LogP contribution in [0.2, 0.25) is 5.02 Å². The summed E-state index contributed by atoms with van der Waals surface area (Å²) in [5.74, 6) is -1.38. The molecule has 4 aromatic rings. The van der Waals surface area contributed by atoms with Gasteiger partial charge in [0.2, 0.25) is 0 Å². The number of halogens is 1. The van der Waals surface area contributed by atoms with Gasteiger partial charge in [-0.05, 0) is 64.9 Å². The number of Topliss-reactive ketones (excluding diaryl/α,β-unsaturated/α-hetero) is 1. The Hall–Kier alpha value is -3.41. The quantitative estimate of drug-likeness (QED) is 0.198. The van der Waals surface area contributed by atoms with Gasteiger partial charge in [0.05, 0.1) is 11.6 Å². The average Bonchev–Trinajstić information content (AvgIpc) is 3.38. The van der Waals surface area contributed by atoms with Crippen LogP contribution in [0.15, 0.2) is 83.7 Å². The number of benzene rings is 3. The highest BCUT2D eigenvalue weighted by molar-refractivity contribution is 7.10. The molecule has 1 atom stereocenters. The molecule has 1 aliphatic rings. The zero-order chi connectivity index (χ0) is 23.8. The minimum atomic E-state index is -0.653. The number of hydrogen-bond acceptors (Lipinski definition) is 4. The Kier molecular flexibility index (Phi) is 5.98. The number of thiophene rings is 1. The van der Waals surface area contributed by atoms with Crippen molar-refractivity contribution >= 4 is 51.2 Å². The van der Waals surface area contributed by atoms with Gasteiger partial charge in [-0.15, -0.1) is 11.3 Å². The summed E-state index contributed by atoms with van der Waals surface area (Å²) in [7, 11) is 0. The van der Waals surface area contributed by atoms with E-state index >= 15 is 0 Å². The maximum Gasteiger partial charge on any atom is 0.295 e. The summed E-state index contributed by atoms with van der Waals surface area (Å²) in [6, 6.07) is 22.2. The number of aliphatic hydroxyl groups excluding tert-OH is 1. The van der Waals surface area contributed by atoms with Gasteiger partial charge in [-0.25, -0.2) is 0 Å². The third-order valence-corrected chi connectivity index (χ3v) is 7.59. The van der Waals surface area contributed by atoms with Crippen LogP contribution in [0.3, 0.4) is 0 Å². The summed E-state index contributed by atoms with van der Waals surface area (Å²) in [5, 5.41) is 15.9. The molecular weight excluding hydrogens is 466 g/mol. The highest BCUT2D eigenvalue weighted by atomic mass is 35.5. The average molecular weight is 488 g/mol. The molecule has 34 heavy (non-hydrogen) atoms. The summed E-state index contributed by atoms with van der Waals surface area (Å²) >= 11 is 7.48. The molecule has 170 valence electrons. The molecule has 1 fully saturated rings. The molecule has 1 saturated heterocycles. The Morgan fingerprint density at radius 1 is 1.00 bits per heavy atom. The topological polar surface area (TPSA) is 57.6 Å². The van der Waals surface area contributed by atoms with E-state index < -0.39 is 17.7 Å². The summed E-state index contributed by atoms with van der Waals surface area (Å²) in [6.07, 6.45) is 0.571. The number of hydrogen-bond donors (Lipinski definition) is 1. The van der Waals surface area contributed by atoms with Crippen molar-refractivity contribution in [2.45, 2.75) is 19.4 Å². The van der Waals surface area contributed by atoms with Crippen molar-refractivity contribution in [3.8, 4) is 0 Å². The standard InChI is InChI=1S/C28H22ClNO3S/c1-17-13-15-34-27(17)24-23(25(31)21-9-8-19-4-2-3-5-20(19)16-21)26(32)28(33)30(24)14-12-18-6-10-22(29)11-7-18/h2-11,13,15-16,24,31H,12,14H2,1H3/b25-23-. The molecule has 6 heteroatoms. The van der Waals surface area contributed by atoms with Gasteiger partial charge in [-0.3, -0.25) is 9.59 Å². The second-order valence-electron chi connectivity index (χ2n) is 8.40. The second kappa shape index (κ2) is 9.09. The monoisotopic (exact) mass is 487 g/mol. The molecule has 0 bridgehead atoms. The zero-order valence-corrected chi connectivity index (χ0v) is 20.1. The smallest absolute Gasteiger partial charge is 0.295 e. The van der Waals surface area contributed by atoms with Gasteiger partial charge in [-0.1, -0.05) is 60.1 Å². The predicted molar refractivity (Wildman–Crippen MR) is 137 cm³/mol.